The van der Waals surface area contributed by atoms with Gasteiger partial charge in [-0.1, -0.05) is 115 Å². The molecule has 14 rings (SSSR count). The van der Waals surface area contributed by atoms with Crippen molar-refractivity contribution in [2.24, 2.45) is 0 Å². The molecule has 316 valence electrons. The Labute approximate surface area is 386 Å². The van der Waals surface area contributed by atoms with Crippen LogP contribution >= 0.6 is 0 Å². The fourth-order valence-corrected chi connectivity index (χ4v) is 10.7. The number of anilines is 6. The molecule has 6 heteroatoms. The van der Waals surface area contributed by atoms with E-state index < -0.39 is 5.41 Å². The number of furan rings is 1. The lowest BCUT2D eigenvalue weighted by atomic mass is 9.66. The lowest BCUT2D eigenvalue weighted by molar-refractivity contribution is 0.360. The molecule has 0 fully saturated rings. The standard InChI is InChI=1S/C61H38N2O4/c1-2-14-39(15-3-1)62(44-32-35-59-60(38-44)67-58-25-13-12-24-57(58)66-59)40-26-28-41(29-27-40)63(42-30-33-54-48(36-42)47-18-6-10-22-53(47)64-54)43-31-34-56-52(37-43)61(51-21-9-11-23-55(51)65-56)49-19-7-4-16-45(49)46-17-5-8-20-50(46)61/h1-38H. The Bertz CT molecular complexity index is 3720. The maximum Gasteiger partial charge on any atom is 0.172 e. The Morgan fingerprint density at radius 2 is 0.716 bits per heavy atom. The number of hydrogen-bond acceptors (Lipinski definition) is 6. The maximum atomic E-state index is 6.86. The lowest BCUT2D eigenvalue weighted by Gasteiger charge is -2.40. The van der Waals surface area contributed by atoms with Gasteiger partial charge in [-0.3, -0.25) is 0 Å². The number of para-hydroxylation sites is 5. The fraction of sp³-hybridized carbons (Fsp3) is 0.0164. The van der Waals surface area contributed by atoms with Crippen LogP contribution in [0.5, 0.6) is 34.5 Å². The monoisotopic (exact) mass is 862 g/mol. The first-order valence-electron chi connectivity index (χ1n) is 22.6. The minimum absolute atomic E-state index is 0.616. The second kappa shape index (κ2) is 14.5. The zero-order valence-corrected chi connectivity index (χ0v) is 36.0. The average Bonchev–Trinajstić information content (AvgIpc) is 3.90. The van der Waals surface area contributed by atoms with Crippen molar-refractivity contribution in [3.8, 4) is 45.6 Å². The van der Waals surface area contributed by atoms with E-state index in [4.69, 9.17) is 18.6 Å². The first kappa shape index (κ1) is 37.4. The Balaban J connectivity index is 0.948. The minimum atomic E-state index is -0.616. The van der Waals surface area contributed by atoms with Crippen molar-refractivity contribution in [3.05, 3.63) is 253 Å². The van der Waals surface area contributed by atoms with Crippen LogP contribution in [0.4, 0.5) is 34.1 Å². The molecule has 0 bridgehead atoms. The van der Waals surface area contributed by atoms with E-state index in [0.29, 0.717) is 23.0 Å². The molecule has 0 atom stereocenters. The third-order valence-corrected chi connectivity index (χ3v) is 13.6. The Kier molecular flexibility index (Phi) is 8.09. The van der Waals surface area contributed by atoms with Crippen LogP contribution in [-0.2, 0) is 5.41 Å². The van der Waals surface area contributed by atoms with Gasteiger partial charge in [-0.2, -0.15) is 0 Å². The Morgan fingerprint density at radius 3 is 1.45 bits per heavy atom. The topological polar surface area (TPSA) is 47.3 Å². The number of benzene rings is 10. The second-order valence-corrected chi connectivity index (χ2v) is 17.2. The van der Waals surface area contributed by atoms with Crippen LogP contribution in [0.25, 0.3) is 33.1 Å². The Morgan fingerprint density at radius 1 is 0.269 bits per heavy atom. The van der Waals surface area contributed by atoms with Crippen molar-refractivity contribution in [3.63, 3.8) is 0 Å². The number of fused-ring (bicyclic) bond motifs is 14. The highest BCUT2D eigenvalue weighted by Crippen LogP contribution is 2.62. The summed E-state index contributed by atoms with van der Waals surface area (Å²) >= 11 is 0. The summed E-state index contributed by atoms with van der Waals surface area (Å²) in [6, 6.07) is 80.7. The van der Waals surface area contributed by atoms with Gasteiger partial charge in [-0.25, -0.2) is 0 Å². The van der Waals surface area contributed by atoms with Crippen LogP contribution in [0, 0.1) is 0 Å². The van der Waals surface area contributed by atoms with E-state index in [9.17, 15) is 0 Å². The van der Waals surface area contributed by atoms with Crippen molar-refractivity contribution in [1.29, 1.82) is 0 Å². The molecule has 0 radical (unpaired) electrons. The van der Waals surface area contributed by atoms with E-state index in [2.05, 4.69) is 186 Å². The van der Waals surface area contributed by atoms with Crippen LogP contribution in [0.1, 0.15) is 22.3 Å². The fourth-order valence-electron chi connectivity index (χ4n) is 10.7. The number of hydrogen-bond donors (Lipinski definition) is 0. The second-order valence-electron chi connectivity index (χ2n) is 17.2. The highest BCUT2D eigenvalue weighted by atomic mass is 16.6. The molecular weight excluding hydrogens is 825 g/mol. The molecule has 67 heavy (non-hydrogen) atoms. The maximum absolute atomic E-state index is 6.86. The number of rotatable bonds is 6. The van der Waals surface area contributed by atoms with Crippen LogP contribution in [0.15, 0.2) is 235 Å². The van der Waals surface area contributed by atoms with Gasteiger partial charge in [0.1, 0.15) is 22.7 Å². The molecule has 3 heterocycles. The summed E-state index contributed by atoms with van der Waals surface area (Å²) in [6.45, 7) is 0. The first-order valence-corrected chi connectivity index (χ1v) is 22.6. The smallest absolute Gasteiger partial charge is 0.172 e. The summed E-state index contributed by atoms with van der Waals surface area (Å²) in [5, 5.41) is 2.13. The molecule has 0 saturated heterocycles. The molecule has 2 aliphatic heterocycles. The van der Waals surface area contributed by atoms with Gasteiger partial charge in [0.05, 0.1) is 11.1 Å². The zero-order valence-electron chi connectivity index (χ0n) is 36.0. The summed E-state index contributed by atoms with van der Waals surface area (Å²) in [5.74, 6) is 4.43. The largest absolute Gasteiger partial charge is 0.457 e. The quantitative estimate of drug-likeness (QED) is 0.166. The summed E-state index contributed by atoms with van der Waals surface area (Å²) in [5.41, 5.74) is 14.2. The van der Waals surface area contributed by atoms with Gasteiger partial charge in [-0.05, 0) is 131 Å². The minimum Gasteiger partial charge on any atom is -0.457 e. The van der Waals surface area contributed by atoms with Crippen molar-refractivity contribution < 1.29 is 18.6 Å². The third-order valence-electron chi connectivity index (χ3n) is 13.6. The van der Waals surface area contributed by atoms with Crippen LogP contribution < -0.4 is 24.0 Å². The molecule has 3 aliphatic rings. The normalized spacial score (nSPS) is 13.3. The van der Waals surface area contributed by atoms with E-state index in [1.807, 2.05) is 54.6 Å². The van der Waals surface area contributed by atoms with Gasteiger partial charge in [0.25, 0.3) is 0 Å². The molecule has 1 aromatic heterocycles. The van der Waals surface area contributed by atoms with Crippen molar-refractivity contribution in [1.82, 2.24) is 0 Å². The van der Waals surface area contributed by atoms with E-state index in [-0.39, 0.29) is 0 Å². The van der Waals surface area contributed by atoms with E-state index in [1.165, 1.54) is 22.3 Å². The lowest BCUT2D eigenvalue weighted by Crippen LogP contribution is -2.32. The molecule has 0 unspecified atom stereocenters. The molecule has 0 N–H and O–H groups in total. The summed E-state index contributed by atoms with van der Waals surface area (Å²) in [4.78, 5) is 4.59. The Hall–Kier alpha value is -9.00. The summed E-state index contributed by atoms with van der Waals surface area (Å²) in [7, 11) is 0. The highest BCUT2D eigenvalue weighted by Gasteiger charge is 2.51. The van der Waals surface area contributed by atoms with Gasteiger partial charge in [-0.15, -0.1) is 0 Å². The average molecular weight is 863 g/mol. The van der Waals surface area contributed by atoms with Crippen molar-refractivity contribution >= 4 is 56.1 Å². The zero-order chi connectivity index (χ0) is 44.1. The number of nitrogens with zero attached hydrogens (tertiary/aromatic N) is 2. The summed E-state index contributed by atoms with van der Waals surface area (Å²) < 4.78 is 25.9. The predicted molar refractivity (Wildman–Crippen MR) is 267 cm³/mol. The predicted octanol–water partition coefficient (Wildman–Crippen LogP) is 16.9. The summed E-state index contributed by atoms with van der Waals surface area (Å²) in [6.07, 6.45) is 0. The molecule has 1 spiro atoms. The van der Waals surface area contributed by atoms with Gasteiger partial charge >= 0.3 is 0 Å². The van der Waals surface area contributed by atoms with Gasteiger partial charge in [0.15, 0.2) is 23.0 Å². The molecule has 11 aromatic rings. The van der Waals surface area contributed by atoms with Gasteiger partial charge < -0.3 is 28.4 Å². The SMILES string of the molecule is c1ccc(N(c2ccc(N(c3ccc4c(c3)C3(c5ccccc5O4)c4ccccc4-c4ccccc43)c3ccc4oc5ccccc5c4c3)cc2)c2ccc3c(c2)Oc2ccccc2O3)cc1. The van der Waals surface area contributed by atoms with Gasteiger partial charge in [0, 0.05) is 56.4 Å². The van der Waals surface area contributed by atoms with E-state index in [1.54, 1.807) is 0 Å². The van der Waals surface area contributed by atoms with E-state index in [0.717, 1.165) is 78.7 Å². The van der Waals surface area contributed by atoms with Crippen molar-refractivity contribution in [2.45, 2.75) is 5.41 Å². The van der Waals surface area contributed by atoms with Gasteiger partial charge in [0.2, 0.25) is 0 Å². The molecule has 0 amide bonds. The van der Waals surface area contributed by atoms with E-state index >= 15 is 0 Å². The molecule has 1 aliphatic carbocycles. The van der Waals surface area contributed by atoms with Crippen LogP contribution in [0.3, 0.4) is 0 Å². The number of ether oxygens (including phenoxy) is 3. The van der Waals surface area contributed by atoms with Crippen LogP contribution in [0.2, 0.25) is 0 Å². The van der Waals surface area contributed by atoms with Crippen LogP contribution in [-0.4, -0.2) is 0 Å². The highest BCUT2D eigenvalue weighted by molar-refractivity contribution is 6.06. The molecule has 0 saturated carbocycles. The molecule has 10 aromatic carbocycles. The first-order chi connectivity index (χ1) is 33.2. The molecule has 6 nitrogen and oxygen atoms in total. The molecular formula is C61H38N2O4. The third kappa shape index (κ3) is 5.63. The van der Waals surface area contributed by atoms with Crippen molar-refractivity contribution in [2.75, 3.05) is 9.80 Å².